The zero-order chi connectivity index (χ0) is 15.4. The third kappa shape index (κ3) is 3.94. The van der Waals surface area contributed by atoms with Crippen LogP contribution in [0.15, 0.2) is 24.3 Å². The van der Waals surface area contributed by atoms with Gasteiger partial charge in [0.05, 0.1) is 0 Å². The van der Waals surface area contributed by atoms with Gasteiger partial charge in [-0.2, -0.15) is 4.98 Å². The normalized spacial score (nSPS) is 10.5. The Balaban J connectivity index is 2.31. The lowest BCUT2D eigenvalue weighted by atomic mass is 10.1. The van der Waals surface area contributed by atoms with E-state index in [2.05, 4.69) is 66.1 Å². The Hall–Kier alpha value is -2.10. The van der Waals surface area contributed by atoms with Gasteiger partial charge in [-0.3, -0.25) is 0 Å². The summed E-state index contributed by atoms with van der Waals surface area (Å²) in [4.78, 5) is 11.3. The predicted octanol–water partition coefficient (Wildman–Crippen LogP) is 3.99. The molecule has 1 heterocycles. The molecule has 1 aromatic carbocycles. The molecule has 0 amide bonds. The maximum atomic E-state index is 4.63. The highest BCUT2D eigenvalue weighted by Gasteiger charge is 2.08. The molecule has 0 atom stereocenters. The molecule has 0 aliphatic carbocycles. The van der Waals surface area contributed by atoms with Crippen molar-refractivity contribution in [1.82, 2.24) is 9.97 Å². The van der Waals surface area contributed by atoms with E-state index >= 15 is 0 Å². The predicted molar refractivity (Wildman–Crippen MR) is 89.5 cm³/mol. The third-order valence-corrected chi connectivity index (χ3v) is 3.41. The minimum absolute atomic E-state index is 0.655. The lowest BCUT2D eigenvalue weighted by molar-refractivity contribution is 0.840. The molecule has 112 valence electrons. The second kappa shape index (κ2) is 6.57. The first-order valence-electron chi connectivity index (χ1n) is 7.47. The van der Waals surface area contributed by atoms with Crippen molar-refractivity contribution in [3.8, 4) is 0 Å². The van der Waals surface area contributed by atoms with Gasteiger partial charge in [0.2, 0.25) is 5.95 Å². The van der Waals surface area contributed by atoms with Gasteiger partial charge in [0.25, 0.3) is 0 Å². The molecule has 4 nitrogen and oxygen atoms in total. The average Bonchev–Trinajstić information content (AvgIpc) is 2.38. The molecule has 0 aliphatic rings. The summed E-state index contributed by atoms with van der Waals surface area (Å²) >= 11 is 0. The third-order valence-electron chi connectivity index (χ3n) is 3.41. The minimum atomic E-state index is 0.655. The molecule has 0 unspecified atom stereocenters. The number of anilines is 3. The molecule has 0 saturated carbocycles. The van der Waals surface area contributed by atoms with Crippen LogP contribution in [0.25, 0.3) is 0 Å². The molecule has 0 spiro atoms. The Morgan fingerprint density at radius 2 is 1.52 bits per heavy atom. The minimum Gasteiger partial charge on any atom is -0.357 e. The summed E-state index contributed by atoms with van der Waals surface area (Å²) in [6, 6.07) is 8.40. The SMILES string of the molecule is CCN(CC)c1cc(C)nc(Nc2cc(C)cc(C)c2)n1. The number of nitrogens with zero attached hydrogens (tertiary/aromatic N) is 3. The summed E-state index contributed by atoms with van der Waals surface area (Å²) in [5, 5.41) is 3.32. The standard InChI is InChI=1S/C17H24N4/c1-6-21(7-2)16-11-14(5)18-17(20-16)19-15-9-12(3)8-13(4)10-15/h8-11H,6-7H2,1-5H3,(H,18,19,20). The van der Waals surface area contributed by atoms with Gasteiger partial charge in [-0.25, -0.2) is 4.98 Å². The van der Waals surface area contributed by atoms with Gasteiger partial charge in [0, 0.05) is 30.5 Å². The van der Waals surface area contributed by atoms with Crippen LogP contribution >= 0.6 is 0 Å². The first-order chi connectivity index (χ1) is 10.0. The summed E-state index contributed by atoms with van der Waals surface area (Å²) < 4.78 is 0. The lowest BCUT2D eigenvalue weighted by Crippen LogP contribution is -2.23. The molecule has 0 fully saturated rings. The molecule has 0 radical (unpaired) electrons. The quantitative estimate of drug-likeness (QED) is 0.901. The number of hydrogen-bond donors (Lipinski definition) is 1. The molecule has 2 aromatic rings. The van der Waals surface area contributed by atoms with Crippen LogP contribution in [0.4, 0.5) is 17.5 Å². The van der Waals surface area contributed by atoms with Crippen molar-refractivity contribution in [1.29, 1.82) is 0 Å². The number of aromatic nitrogens is 2. The largest absolute Gasteiger partial charge is 0.357 e. The van der Waals surface area contributed by atoms with E-state index in [9.17, 15) is 0 Å². The fourth-order valence-electron chi connectivity index (χ4n) is 2.49. The van der Waals surface area contributed by atoms with E-state index in [0.717, 1.165) is 30.3 Å². The van der Waals surface area contributed by atoms with E-state index in [1.54, 1.807) is 0 Å². The first kappa shape index (κ1) is 15.3. The van der Waals surface area contributed by atoms with Crippen molar-refractivity contribution in [2.24, 2.45) is 0 Å². The molecule has 0 saturated heterocycles. The van der Waals surface area contributed by atoms with Gasteiger partial charge in [0.1, 0.15) is 5.82 Å². The van der Waals surface area contributed by atoms with Crippen LogP contribution in [0, 0.1) is 20.8 Å². The van der Waals surface area contributed by atoms with Crippen molar-refractivity contribution in [2.45, 2.75) is 34.6 Å². The Labute approximate surface area is 127 Å². The number of aryl methyl sites for hydroxylation is 3. The van der Waals surface area contributed by atoms with Gasteiger partial charge >= 0.3 is 0 Å². The molecule has 1 N–H and O–H groups in total. The number of benzene rings is 1. The van der Waals surface area contributed by atoms with Crippen LogP contribution in [-0.2, 0) is 0 Å². The zero-order valence-electron chi connectivity index (χ0n) is 13.6. The van der Waals surface area contributed by atoms with Crippen molar-refractivity contribution in [3.63, 3.8) is 0 Å². The molecule has 21 heavy (non-hydrogen) atoms. The van der Waals surface area contributed by atoms with Gasteiger partial charge in [-0.05, 0) is 57.9 Å². The van der Waals surface area contributed by atoms with Crippen LogP contribution in [0.3, 0.4) is 0 Å². The van der Waals surface area contributed by atoms with Crippen molar-refractivity contribution < 1.29 is 0 Å². The summed E-state index contributed by atoms with van der Waals surface area (Å²) in [6.07, 6.45) is 0. The summed E-state index contributed by atoms with van der Waals surface area (Å²) in [5.74, 6) is 1.63. The van der Waals surface area contributed by atoms with Crippen LogP contribution < -0.4 is 10.2 Å². The Morgan fingerprint density at radius 1 is 0.905 bits per heavy atom. The smallest absolute Gasteiger partial charge is 0.229 e. The molecule has 0 bridgehead atoms. The van der Waals surface area contributed by atoms with E-state index in [4.69, 9.17) is 0 Å². The Kier molecular flexibility index (Phi) is 4.78. The Bertz CT molecular complexity index is 598. The number of hydrogen-bond acceptors (Lipinski definition) is 4. The molecule has 2 rings (SSSR count). The molecule has 1 aromatic heterocycles. The number of nitrogens with one attached hydrogen (secondary N) is 1. The fraction of sp³-hybridized carbons (Fsp3) is 0.412. The van der Waals surface area contributed by atoms with Crippen LogP contribution in [0.5, 0.6) is 0 Å². The highest BCUT2D eigenvalue weighted by Crippen LogP contribution is 2.20. The second-order valence-electron chi connectivity index (χ2n) is 5.36. The summed E-state index contributed by atoms with van der Waals surface area (Å²) in [7, 11) is 0. The van der Waals surface area contributed by atoms with E-state index in [1.165, 1.54) is 11.1 Å². The van der Waals surface area contributed by atoms with E-state index in [1.807, 2.05) is 13.0 Å². The van der Waals surface area contributed by atoms with Gasteiger partial charge in [0.15, 0.2) is 0 Å². The topological polar surface area (TPSA) is 41.1 Å². The lowest BCUT2D eigenvalue weighted by Gasteiger charge is -2.20. The molecule has 0 aliphatic heterocycles. The second-order valence-corrected chi connectivity index (χ2v) is 5.36. The van der Waals surface area contributed by atoms with E-state index in [0.29, 0.717) is 5.95 Å². The maximum Gasteiger partial charge on any atom is 0.229 e. The first-order valence-corrected chi connectivity index (χ1v) is 7.47. The average molecular weight is 284 g/mol. The van der Waals surface area contributed by atoms with Crippen molar-refractivity contribution >= 4 is 17.5 Å². The van der Waals surface area contributed by atoms with Crippen LogP contribution in [-0.4, -0.2) is 23.1 Å². The van der Waals surface area contributed by atoms with Gasteiger partial charge in [-0.1, -0.05) is 6.07 Å². The van der Waals surface area contributed by atoms with Crippen molar-refractivity contribution in [2.75, 3.05) is 23.3 Å². The van der Waals surface area contributed by atoms with E-state index < -0.39 is 0 Å². The molecular weight excluding hydrogens is 260 g/mol. The zero-order valence-corrected chi connectivity index (χ0v) is 13.6. The molecular formula is C17H24N4. The highest BCUT2D eigenvalue weighted by atomic mass is 15.2. The summed E-state index contributed by atoms with van der Waals surface area (Å²) in [6.45, 7) is 12.3. The van der Waals surface area contributed by atoms with Crippen LogP contribution in [0.2, 0.25) is 0 Å². The van der Waals surface area contributed by atoms with Gasteiger partial charge in [-0.15, -0.1) is 0 Å². The highest BCUT2D eigenvalue weighted by molar-refractivity contribution is 5.57. The van der Waals surface area contributed by atoms with Crippen LogP contribution in [0.1, 0.15) is 30.7 Å². The number of rotatable bonds is 5. The van der Waals surface area contributed by atoms with E-state index in [-0.39, 0.29) is 0 Å². The fourth-order valence-corrected chi connectivity index (χ4v) is 2.49. The molecule has 4 heteroatoms. The Morgan fingerprint density at radius 3 is 2.10 bits per heavy atom. The van der Waals surface area contributed by atoms with Gasteiger partial charge < -0.3 is 10.2 Å². The summed E-state index contributed by atoms with van der Waals surface area (Å²) in [5.41, 5.74) is 4.46. The maximum absolute atomic E-state index is 4.63. The monoisotopic (exact) mass is 284 g/mol. The van der Waals surface area contributed by atoms with Crippen molar-refractivity contribution in [3.05, 3.63) is 41.1 Å².